The van der Waals surface area contributed by atoms with E-state index in [1.807, 2.05) is 0 Å². The molecule has 4 nitrogen and oxygen atoms in total. The molecule has 2 N–H and O–H groups in total. The Kier molecular flexibility index (Phi) is 4.77. The Bertz CT molecular complexity index is 426. The highest BCUT2D eigenvalue weighted by Crippen LogP contribution is 2.26. The molecule has 19 heavy (non-hydrogen) atoms. The minimum absolute atomic E-state index is 0.221. The predicted molar refractivity (Wildman–Crippen MR) is 74.2 cm³/mol. The molecule has 1 aliphatic rings. The smallest absolute Gasteiger partial charge is 0.252 e. The lowest BCUT2D eigenvalue weighted by molar-refractivity contribution is 0.0246. The molecule has 0 saturated heterocycles. The van der Waals surface area contributed by atoms with Crippen molar-refractivity contribution in [3.8, 4) is 0 Å². The largest absolute Gasteiger partial charge is 0.388 e. The van der Waals surface area contributed by atoms with Crippen LogP contribution in [0.3, 0.4) is 0 Å². The van der Waals surface area contributed by atoms with Gasteiger partial charge in [0.1, 0.15) is 5.15 Å². The van der Waals surface area contributed by atoms with E-state index in [1.54, 1.807) is 12.1 Å². The third-order valence-corrected chi connectivity index (χ3v) is 3.83. The van der Waals surface area contributed by atoms with E-state index in [9.17, 15) is 9.90 Å². The lowest BCUT2D eigenvalue weighted by Gasteiger charge is -2.26. The molecular formula is C14H19ClN2O2. The third-order valence-electron chi connectivity index (χ3n) is 3.60. The fourth-order valence-electron chi connectivity index (χ4n) is 2.42. The molecule has 0 aromatic carbocycles. The summed E-state index contributed by atoms with van der Waals surface area (Å²) in [5.41, 5.74) is -0.298. The van der Waals surface area contributed by atoms with Gasteiger partial charge in [0, 0.05) is 12.7 Å². The van der Waals surface area contributed by atoms with Crippen LogP contribution in [0.25, 0.3) is 0 Å². The van der Waals surface area contributed by atoms with Crippen molar-refractivity contribution in [2.24, 2.45) is 0 Å². The molecule has 1 saturated carbocycles. The summed E-state index contributed by atoms with van der Waals surface area (Å²) in [5.74, 6) is -0.221. The number of nitrogens with zero attached hydrogens (tertiary/aromatic N) is 1. The van der Waals surface area contributed by atoms with Crippen LogP contribution < -0.4 is 5.32 Å². The Morgan fingerprint density at radius 2 is 2.00 bits per heavy atom. The number of aromatic nitrogens is 1. The van der Waals surface area contributed by atoms with Gasteiger partial charge in [-0.05, 0) is 25.0 Å². The van der Waals surface area contributed by atoms with Gasteiger partial charge < -0.3 is 10.4 Å². The van der Waals surface area contributed by atoms with Gasteiger partial charge in [-0.1, -0.05) is 37.3 Å². The monoisotopic (exact) mass is 282 g/mol. The number of aliphatic hydroxyl groups is 1. The first kappa shape index (κ1) is 14.3. The van der Waals surface area contributed by atoms with Crippen LogP contribution in [-0.2, 0) is 0 Å². The van der Waals surface area contributed by atoms with Crippen molar-refractivity contribution < 1.29 is 9.90 Å². The lowest BCUT2D eigenvalue weighted by Crippen LogP contribution is -2.42. The van der Waals surface area contributed by atoms with Crippen LogP contribution in [0, 0.1) is 0 Å². The van der Waals surface area contributed by atoms with Gasteiger partial charge in [-0.25, -0.2) is 4.98 Å². The summed E-state index contributed by atoms with van der Waals surface area (Å²) in [4.78, 5) is 15.8. The van der Waals surface area contributed by atoms with E-state index in [-0.39, 0.29) is 5.91 Å². The molecule has 1 amide bonds. The number of hydrogen-bond donors (Lipinski definition) is 2. The summed E-state index contributed by atoms with van der Waals surface area (Å²) in [6, 6.07) is 3.21. The first-order valence-corrected chi connectivity index (χ1v) is 7.09. The van der Waals surface area contributed by atoms with Crippen LogP contribution >= 0.6 is 11.6 Å². The molecule has 2 rings (SSSR count). The molecule has 1 aromatic heterocycles. The van der Waals surface area contributed by atoms with Crippen molar-refractivity contribution in [1.82, 2.24) is 10.3 Å². The molecule has 1 aromatic rings. The summed E-state index contributed by atoms with van der Waals surface area (Å²) in [6.45, 7) is 0.300. The van der Waals surface area contributed by atoms with E-state index in [0.29, 0.717) is 17.3 Å². The topological polar surface area (TPSA) is 62.2 Å². The number of rotatable bonds is 3. The molecule has 1 heterocycles. The molecule has 104 valence electrons. The summed E-state index contributed by atoms with van der Waals surface area (Å²) in [7, 11) is 0. The molecule has 5 heteroatoms. The van der Waals surface area contributed by atoms with Crippen LogP contribution in [0.15, 0.2) is 18.3 Å². The molecule has 1 fully saturated rings. The highest BCUT2D eigenvalue weighted by molar-refractivity contribution is 6.29. The van der Waals surface area contributed by atoms with Crippen molar-refractivity contribution in [3.05, 3.63) is 29.0 Å². The Hall–Kier alpha value is -1.13. The van der Waals surface area contributed by atoms with E-state index in [1.165, 1.54) is 6.20 Å². The number of halogens is 1. The minimum atomic E-state index is -0.758. The zero-order valence-electron chi connectivity index (χ0n) is 10.9. The second-order valence-corrected chi connectivity index (χ2v) is 5.58. The first-order valence-electron chi connectivity index (χ1n) is 6.71. The number of hydrogen-bond acceptors (Lipinski definition) is 3. The highest BCUT2D eigenvalue weighted by atomic mass is 35.5. The Labute approximate surface area is 118 Å². The van der Waals surface area contributed by atoms with Gasteiger partial charge in [0.25, 0.3) is 5.91 Å². The number of pyridine rings is 1. The van der Waals surface area contributed by atoms with E-state index >= 15 is 0 Å². The summed E-state index contributed by atoms with van der Waals surface area (Å²) in [5, 5.41) is 13.6. The van der Waals surface area contributed by atoms with Gasteiger partial charge in [0.05, 0.1) is 11.2 Å². The molecule has 1 aliphatic carbocycles. The Balaban J connectivity index is 1.90. The molecule has 0 bridgehead atoms. The molecule has 0 atom stereocenters. The summed E-state index contributed by atoms with van der Waals surface area (Å²) >= 11 is 5.67. The maximum absolute atomic E-state index is 11.9. The fraction of sp³-hybridized carbons (Fsp3) is 0.571. The van der Waals surface area contributed by atoms with Crippen molar-refractivity contribution in [3.63, 3.8) is 0 Å². The Morgan fingerprint density at radius 3 is 2.58 bits per heavy atom. The van der Waals surface area contributed by atoms with Crippen LogP contribution in [0.1, 0.15) is 48.9 Å². The number of amides is 1. The van der Waals surface area contributed by atoms with E-state index in [4.69, 9.17) is 11.6 Å². The standard InChI is InChI=1S/C14H19ClN2O2/c15-12-6-5-11(9-16-12)13(18)17-10-14(19)7-3-1-2-4-8-14/h5-6,9,19H,1-4,7-8,10H2,(H,17,18). The average Bonchev–Trinajstić information content (AvgIpc) is 2.62. The van der Waals surface area contributed by atoms with Gasteiger partial charge in [-0.3, -0.25) is 4.79 Å². The molecular weight excluding hydrogens is 264 g/mol. The van der Waals surface area contributed by atoms with Gasteiger partial charge in [0.15, 0.2) is 0 Å². The second kappa shape index (κ2) is 6.35. The van der Waals surface area contributed by atoms with Crippen molar-refractivity contribution in [1.29, 1.82) is 0 Å². The SMILES string of the molecule is O=C(NCC1(O)CCCCCC1)c1ccc(Cl)nc1. The third kappa shape index (κ3) is 4.18. The van der Waals surface area contributed by atoms with Gasteiger partial charge in [0.2, 0.25) is 0 Å². The zero-order chi connectivity index (χ0) is 13.7. The molecule has 0 unspecified atom stereocenters. The summed E-state index contributed by atoms with van der Waals surface area (Å²) < 4.78 is 0. The van der Waals surface area contributed by atoms with Gasteiger partial charge in [-0.2, -0.15) is 0 Å². The lowest BCUT2D eigenvalue weighted by atomic mass is 9.94. The molecule has 0 radical (unpaired) electrons. The second-order valence-electron chi connectivity index (χ2n) is 5.19. The minimum Gasteiger partial charge on any atom is -0.388 e. The van der Waals surface area contributed by atoms with Crippen LogP contribution in [0.5, 0.6) is 0 Å². The number of carbonyl (C=O) groups excluding carboxylic acids is 1. The zero-order valence-corrected chi connectivity index (χ0v) is 11.6. The highest BCUT2D eigenvalue weighted by Gasteiger charge is 2.28. The maximum atomic E-state index is 11.9. The van der Waals surface area contributed by atoms with Crippen molar-refractivity contribution in [2.45, 2.75) is 44.1 Å². The normalized spacial score (nSPS) is 18.6. The van der Waals surface area contributed by atoms with Crippen LogP contribution in [0.2, 0.25) is 5.15 Å². The van der Waals surface area contributed by atoms with Gasteiger partial charge in [-0.15, -0.1) is 0 Å². The van der Waals surface area contributed by atoms with Gasteiger partial charge >= 0.3 is 0 Å². The van der Waals surface area contributed by atoms with E-state index in [0.717, 1.165) is 38.5 Å². The van der Waals surface area contributed by atoms with E-state index < -0.39 is 5.60 Å². The van der Waals surface area contributed by atoms with Crippen molar-refractivity contribution in [2.75, 3.05) is 6.54 Å². The first-order chi connectivity index (χ1) is 9.09. The number of nitrogens with one attached hydrogen (secondary N) is 1. The van der Waals surface area contributed by atoms with Crippen molar-refractivity contribution >= 4 is 17.5 Å². The fourth-order valence-corrected chi connectivity index (χ4v) is 2.53. The Morgan fingerprint density at radius 1 is 1.32 bits per heavy atom. The molecule has 0 spiro atoms. The maximum Gasteiger partial charge on any atom is 0.252 e. The predicted octanol–water partition coefficient (Wildman–Crippen LogP) is 2.55. The van der Waals surface area contributed by atoms with E-state index in [2.05, 4.69) is 10.3 Å². The van der Waals surface area contributed by atoms with Crippen LogP contribution in [-0.4, -0.2) is 28.1 Å². The quantitative estimate of drug-likeness (QED) is 0.661. The summed E-state index contributed by atoms with van der Waals surface area (Å²) in [6.07, 6.45) is 7.32. The number of carbonyl (C=O) groups is 1. The average molecular weight is 283 g/mol. The molecule has 0 aliphatic heterocycles. The van der Waals surface area contributed by atoms with Crippen LogP contribution in [0.4, 0.5) is 0 Å².